The van der Waals surface area contributed by atoms with E-state index in [1.165, 1.54) is 12.8 Å². The van der Waals surface area contributed by atoms with Crippen LogP contribution >= 0.6 is 24.0 Å². The Morgan fingerprint density at radius 3 is 2.62 bits per heavy atom. The zero-order valence-corrected chi connectivity index (χ0v) is 21.7. The second-order valence-corrected chi connectivity index (χ2v) is 8.56. The van der Waals surface area contributed by atoms with Crippen LogP contribution in [0, 0.1) is 17.7 Å². The van der Waals surface area contributed by atoms with Gasteiger partial charge in [0.15, 0.2) is 17.5 Å². The molecule has 0 bridgehead atoms. The second-order valence-electron chi connectivity index (χ2n) is 8.56. The van der Waals surface area contributed by atoms with Crippen molar-refractivity contribution in [3.63, 3.8) is 0 Å². The molecule has 6 nitrogen and oxygen atoms in total. The maximum absolute atomic E-state index is 14.4. The number of ether oxygens (including phenoxy) is 3. The number of benzene rings is 1. The summed E-state index contributed by atoms with van der Waals surface area (Å²) in [6, 6.07) is 5.12. The topological polar surface area (TPSA) is 64.1 Å². The Kier molecular flexibility index (Phi) is 12.6. The van der Waals surface area contributed by atoms with Gasteiger partial charge in [0.1, 0.15) is 0 Å². The van der Waals surface area contributed by atoms with Crippen LogP contribution in [-0.4, -0.2) is 52.1 Å². The Hall–Kier alpha value is -1.13. The van der Waals surface area contributed by atoms with Gasteiger partial charge in [-0.2, -0.15) is 0 Å². The summed E-state index contributed by atoms with van der Waals surface area (Å²) in [5.74, 6) is 1.99. The predicted molar refractivity (Wildman–Crippen MR) is 137 cm³/mol. The average molecular weight is 563 g/mol. The number of aliphatic imine (C=N–C) groups is 1. The van der Waals surface area contributed by atoms with E-state index in [9.17, 15) is 4.39 Å². The van der Waals surface area contributed by atoms with Crippen molar-refractivity contribution in [2.24, 2.45) is 16.8 Å². The molecule has 0 aromatic heterocycles. The fourth-order valence-electron chi connectivity index (χ4n) is 3.52. The summed E-state index contributed by atoms with van der Waals surface area (Å²) in [5.41, 5.74) is 0.863. The third-order valence-corrected chi connectivity index (χ3v) is 5.74. The lowest BCUT2D eigenvalue weighted by molar-refractivity contribution is 0.0205. The van der Waals surface area contributed by atoms with Gasteiger partial charge < -0.3 is 24.8 Å². The first-order valence-corrected chi connectivity index (χ1v) is 11.8. The predicted octanol–water partition coefficient (Wildman–Crippen LogP) is 4.68. The molecule has 1 aromatic rings. The number of hydrogen-bond acceptors (Lipinski definition) is 4. The summed E-state index contributed by atoms with van der Waals surface area (Å²) in [7, 11) is 0. The Labute approximate surface area is 209 Å². The van der Waals surface area contributed by atoms with Crippen LogP contribution in [0.1, 0.15) is 57.6 Å². The molecule has 1 aliphatic carbocycles. The van der Waals surface area contributed by atoms with E-state index in [1.54, 1.807) is 12.1 Å². The van der Waals surface area contributed by atoms with Crippen LogP contribution in [0.3, 0.4) is 0 Å². The van der Waals surface area contributed by atoms with Gasteiger partial charge in [0.2, 0.25) is 0 Å². The van der Waals surface area contributed by atoms with Crippen molar-refractivity contribution in [1.82, 2.24) is 10.6 Å². The van der Waals surface area contributed by atoms with Crippen molar-refractivity contribution in [2.75, 3.05) is 46.1 Å². The van der Waals surface area contributed by atoms with Gasteiger partial charge in [-0.1, -0.05) is 6.07 Å². The SMILES string of the molecule is CCNC(=NCCCOCC1CCOCC1)NC(C)c1ccc(OCC2CC2)c(F)c1.I. The van der Waals surface area contributed by atoms with Crippen molar-refractivity contribution < 1.29 is 18.6 Å². The maximum atomic E-state index is 14.4. The van der Waals surface area contributed by atoms with Crippen molar-refractivity contribution in [3.05, 3.63) is 29.6 Å². The Morgan fingerprint density at radius 1 is 1.19 bits per heavy atom. The number of rotatable bonds is 12. The molecule has 1 unspecified atom stereocenters. The van der Waals surface area contributed by atoms with Crippen LogP contribution in [0.5, 0.6) is 5.75 Å². The van der Waals surface area contributed by atoms with Crippen molar-refractivity contribution >= 4 is 29.9 Å². The van der Waals surface area contributed by atoms with Gasteiger partial charge in [-0.05, 0) is 75.5 Å². The first-order valence-electron chi connectivity index (χ1n) is 11.8. The molecule has 8 heteroatoms. The molecule has 1 saturated heterocycles. The molecule has 182 valence electrons. The summed E-state index contributed by atoms with van der Waals surface area (Å²) in [5, 5.41) is 6.62. The minimum atomic E-state index is -0.310. The molecule has 2 fully saturated rings. The number of halogens is 2. The summed E-state index contributed by atoms with van der Waals surface area (Å²) in [6.45, 7) is 9.33. The van der Waals surface area contributed by atoms with E-state index >= 15 is 0 Å². The highest BCUT2D eigenvalue weighted by atomic mass is 127. The molecule has 1 saturated carbocycles. The zero-order chi connectivity index (χ0) is 21.9. The minimum absolute atomic E-state index is 0. The quantitative estimate of drug-likeness (QED) is 0.167. The fraction of sp³-hybridized carbons (Fsp3) is 0.708. The average Bonchev–Trinajstić information content (AvgIpc) is 3.60. The van der Waals surface area contributed by atoms with Gasteiger partial charge in [-0.25, -0.2) is 4.39 Å². The van der Waals surface area contributed by atoms with Gasteiger partial charge >= 0.3 is 0 Å². The third-order valence-electron chi connectivity index (χ3n) is 5.74. The Bertz CT molecular complexity index is 697. The number of hydrogen-bond donors (Lipinski definition) is 2. The van der Waals surface area contributed by atoms with E-state index in [4.69, 9.17) is 14.2 Å². The van der Waals surface area contributed by atoms with Crippen LogP contribution < -0.4 is 15.4 Å². The van der Waals surface area contributed by atoms with Crippen LogP contribution in [-0.2, 0) is 9.47 Å². The van der Waals surface area contributed by atoms with Crippen LogP contribution in [0.15, 0.2) is 23.2 Å². The van der Waals surface area contributed by atoms with E-state index in [0.717, 1.165) is 57.2 Å². The van der Waals surface area contributed by atoms with Gasteiger partial charge in [0.05, 0.1) is 12.6 Å². The van der Waals surface area contributed by atoms with Crippen molar-refractivity contribution in [1.29, 1.82) is 0 Å². The number of nitrogens with one attached hydrogen (secondary N) is 2. The highest BCUT2D eigenvalue weighted by Crippen LogP contribution is 2.30. The highest BCUT2D eigenvalue weighted by molar-refractivity contribution is 14.0. The molecular formula is C24H39FIN3O3. The van der Waals surface area contributed by atoms with Gasteiger partial charge in [-0.3, -0.25) is 4.99 Å². The first kappa shape index (κ1) is 27.1. The van der Waals surface area contributed by atoms with Crippen LogP contribution in [0.25, 0.3) is 0 Å². The monoisotopic (exact) mass is 563 g/mol. The summed E-state index contributed by atoms with van der Waals surface area (Å²) < 4.78 is 31.2. The van der Waals surface area contributed by atoms with Gasteiger partial charge in [0, 0.05) is 39.5 Å². The molecule has 2 N–H and O–H groups in total. The van der Waals surface area contributed by atoms with E-state index in [1.807, 2.05) is 19.9 Å². The molecule has 32 heavy (non-hydrogen) atoms. The second kappa shape index (κ2) is 14.9. The molecule has 1 aromatic carbocycles. The van der Waals surface area contributed by atoms with E-state index < -0.39 is 0 Å². The number of nitrogens with zero attached hydrogens (tertiary/aromatic N) is 1. The number of guanidine groups is 1. The van der Waals surface area contributed by atoms with Crippen LogP contribution in [0.2, 0.25) is 0 Å². The zero-order valence-electron chi connectivity index (χ0n) is 19.4. The Balaban J connectivity index is 0.00000363. The standard InChI is InChI=1S/C24H38FN3O3.HI/c1-3-26-24(27-11-4-12-30-16-20-9-13-29-14-10-20)28-18(2)21-7-8-23(22(25)15-21)31-17-19-5-6-19;/h7-8,15,18-20H,3-6,9-14,16-17H2,1-2H3,(H2,26,27,28);1H. The Morgan fingerprint density at radius 2 is 1.94 bits per heavy atom. The van der Waals surface area contributed by atoms with Gasteiger partial charge in [-0.15, -0.1) is 24.0 Å². The largest absolute Gasteiger partial charge is 0.490 e. The minimum Gasteiger partial charge on any atom is -0.490 e. The summed E-state index contributed by atoms with van der Waals surface area (Å²) in [6.07, 6.45) is 5.44. The molecule has 2 aliphatic rings. The molecule has 1 aliphatic heterocycles. The maximum Gasteiger partial charge on any atom is 0.191 e. The molecule has 0 spiro atoms. The molecule has 1 atom stereocenters. The van der Waals surface area contributed by atoms with E-state index in [0.29, 0.717) is 37.3 Å². The highest BCUT2D eigenvalue weighted by Gasteiger charge is 2.22. The van der Waals surface area contributed by atoms with E-state index in [-0.39, 0.29) is 35.8 Å². The lowest BCUT2D eigenvalue weighted by atomic mass is 10.0. The van der Waals surface area contributed by atoms with Crippen LogP contribution in [0.4, 0.5) is 4.39 Å². The first-order chi connectivity index (χ1) is 15.2. The fourth-order valence-corrected chi connectivity index (χ4v) is 3.52. The molecule has 3 rings (SSSR count). The van der Waals surface area contributed by atoms with Gasteiger partial charge in [0.25, 0.3) is 0 Å². The molecule has 1 heterocycles. The molecular weight excluding hydrogens is 524 g/mol. The summed E-state index contributed by atoms with van der Waals surface area (Å²) >= 11 is 0. The van der Waals surface area contributed by atoms with Crippen molar-refractivity contribution in [2.45, 2.75) is 52.0 Å². The summed E-state index contributed by atoms with van der Waals surface area (Å²) in [4.78, 5) is 4.64. The van der Waals surface area contributed by atoms with E-state index in [2.05, 4.69) is 15.6 Å². The van der Waals surface area contributed by atoms with Crippen molar-refractivity contribution in [3.8, 4) is 5.75 Å². The smallest absolute Gasteiger partial charge is 0.191 e. The molecule has 0 amide bonds. The third kappa shape index (κ3) is 9.79. The molecule has 0 radical (unpaired) electrons. The lowest BCUT2D eigenvalue weighted by Gasteiger charge is -2.21. The lowest BCUT2D eigenvalue weighted by Crippen LogP contribution is -2.38. The normalized spacial score (nSPS) is 18.0.